The molecule has 0 spiro atoms. The van der Waals surface area contributed by atoms with Gasteiger partial charge in [-0.05, 0) is 41.5 Å². The lowest BCUT2D eigenvalue weighted by molar-refractivity contribution is -0.121. The molecule has 25 heavy (non-hydrogen) atoms. The van der Waals surface area contributed by atoms with Gasteiger partial charge in [0.05, 0.1) is 5.57 Å². The molecule has 0 bridgehead atoms. The van der Waals surface area contributed by atoms with Crippen LogP contribution in [0, 0.1) is 16.7 Å². The van der Waals surface area contributed by atoms with Crippen molar-refractivity contribution in [1.82, 2.24) is 0 Å². The summed E-state index contributed by atoms with van der Waals surface area (Å²) in [6.07, 6.45) is 1.60. The smallest absolute Gasteiger partial charge is 0.178 e. The Labute approximate surface area is 153 Å². The fourth-order valence-electron chi connectivity index (χ4n) is 2.16. The Kier molecular flexibility index (Phi) is 6.01. The lowest BCUT2D eigenvalue weighted by Crippen LogP contribution is -2.21. The molecule has 2 aromatic carbocycles. The van der Waals surface area contributed by atoms with Gasteiger partial charge in [-0.25, -0.2) is 0 Å². The van der Waals surface area contributed by atoms with Gasteiger partial charge in [-0.1, -0.05) is 56.6 Å². The zero-order valence-electron chi connectivity index (χ0n) is 14.5. The predicted molar refractivity (Wildman–Crippen MR) is 100 cm³/mol. The van der Waals surface area contributed by atoms with Gasteiger partial charge in [-0.2, -0.15) is 5.26 Å². The number of ketones is 1. The second-order valence-electron chi connectivity index (χ2n) is 6.74. The summed E-state index contributed by atoms with van der Waals surface area (Å²) in [5.74, 6) is 0.492. The van der Waals surface area contributed by atoms with Gasteiger partial charge in [-0.3, -0.25) is 4.79 Å². The van der Waals surface area contributed by atoms with Crippen LogP contribution in [0.4, 0.5) is 0 Å². The van der Waals surface area contributed by atoms with Crippen molar-refractivity contribution in [3.8, 4) is 11.8 Å². The number of rotatable bonds is 5. The maximum Gasteiger partial charge on any atom is 0.178 e. The van der Waals surface area contributed by atoms with Crippen LogP contribution in [0.15, 0.2) is 54.1 Å². The number of halogens is 1. The Balaban J connectivity index is 2.15. The largest absolute Gasteiger partial charge is 0.489 e. The summed E-state index contributed by atoms with van der Waals surface area (Å²) in [6, 6.07) is 16.8. The van der Waals surface area contributed by atoms with E-state index in [0.717, 1.165) is 11.1 Å². The first kappa shape index (κ1) is 18.8. The molecule has 3 nitrogen and oxygen atoms in total. The van der Waals surface area contributed by atoms with Gasteiger partial charge in [0.15, 0.2) is 5.78 Å². The molecular weight excluding hydrogens is 334 g/mol. The van der Waals surface area contributed by atoms with Crippen molar-refractivity contribution in [2.24, 2.45) is 5.41 Å². The Morgan fingerprint density at radius 3 is 2.48 bits per heavy atom. The number of Topliss-reactive ketones (excluding diaryl/α,β-unsaturated/α-hetero) is 1. The topological polar surface area (TPSA) is 50.1 Å². The van der Waals surface area contributed by atoms with E-state index in [0.29, 0.717) is 17.4 Å². The summed E-state index contributed by atoms with van der Waals surface area (Å²) >= 11 is 5.87. The number of allylic oxidation sites excluding steroid dienone is 1. The molecule has 0 amide bonds. The van der Waals surface area contributed by atoms with Crippen molar-refractivity contribution >= 4 is 23.5 Å². The monoisotopic (exact) mass is 353 g/mol. The molecule has 0 radical (unpaired) electrons. The molecule has 2 aromatic rings. The molecule has 0 atom stereocenters. The lowest BCUT2D eigenvalue weighted by atomic mass is 9.86. The number of ether oxygens (including phenoxy) is 1. The molecule has 0 N–H and O–H groups in total. The van der Waals surface area contributed by atoms with E-state index in [9.17, 15) is 10.1 Å². The van der Waals surface area contributed by atoms with Gasteiger partial charge in [0.2, 0.25) is 0 Å². The maximum atomic E-state index is 12.3. The van der Waals surface area contributed by atoms with E-state index >= 15 is 0 Å². The van der Waals surface area contributed by atoms with Crippen molar-refractivity contribution in [3.63, 3.8) is 0 Å². The lowest BCUT2D eigenvalue weighted by Gasteiger charge is -2.15. The molecule has 0 unspecified atom stereocenters. The summed E-state index contributed by atoms with van der Waals surface area (Å²) < 4.78 is 5.78. The van der Waals surface area contributed by atoms with E-state index in [1.807, 2.05) is 54.6 Å². The average molecular weight is 354 g/mol. The number of benzene rings is 2. The molecule has 0 aliphatic heterocycles. The Morgan fingerprint density at radius 2 is 1.88 bits per heavy atom. The molecule has 128 valence electrons. The van der Waals surface area contributed by atoms with Gasteiger partial charge < -0.3 is 4.74 Å². The summed E-state index contributed by atoms with van der Waals surface area (Å²) in [5, 5.41) is 9.97. The number of nitriles is 1. The van der Waals surface area contributed by atoms with Gasteiger partial charge in [0.25, 0.3) is 0 Å². The van der Waals surface area contributed by atoms with Crippen LogP contribution in [-0.4, -0.2) is 5.78 Å². The highest BCUT2D eigenvalue weighted by Crippen LogP contribution is 2.23. The van der Waals surface area contributed by atoms with Crippen molar-refractivity contribution in [3.05, 3.63) is 70.3 Å². The van der Waals surface area contributed by atoms with E-state index in [1.54, 1.807) is 26.8 Å². The number of hydrogen-bond donors (Lipinski definition) is 0. The highest BCUT2D eigenvalue weighted by atomic mass is 35.5. The third-order valence-corrected chi connectivity index (χ3v) is 3.79. The van der Waals surface area contributed by atoms with Crippen LogP contribution in [0.2, 0.25) is 5.02 Å². The van der Waals surface area contributed by atoms with Crippen LogP contribution in [0.3, 0.4) is 0 Å². The first-order valence-corrected chi connectivity index (χ1v) is 8.31. The average Bonchev–Trinajstić information content (AvgIpc) is 2.58. The first-order chi connectivity index (χ1) is 11.8. The fraction of sp³-hybridized carbons (Fsp3) is 0.238. The molecular formula is C21H20ClNO2. The minimum Gasteiger partial charge on any atom is -0.489 e. The molecule has 0 aliphatic carbocycles. The van der Waals surface area contributed by atoms with Crippen LogP contribution in [-0.2, 0) is 11.4 Å². The number of hydrogen-bond acceptors (Lipinski definition) is 3. The van der Waals surface area contributed by atoms with Crippen LogP contribution < -0.4 is 4.74 Å². The van der Waals surface area contributed by atoms with Gasteiger partial charge in [0, 0.05) is 10.4 Å². The Bertz CT molecular complexity index is 824. The first-order valence-electron chi connectivity index (χ1n) is 7.93. The van der Waals surface area contributed by atoms with Crippen molar-refractivity contribution in [2.45, 2.75) is 27.4 Å². The summed E-state index contributed by atoms with van der Waals surface area (Å²) in [6.45, 7) is 5.81. The zero-order valence-corrected chi connectivity index (χ0v) is 15.3. The highest BCUT2D eigenvalue weighted by Gasteiger charge is 2.24. The molecule has 0 saturated heterocycles. The standard InChI is InChI=1S/C21H20ClNO2/c1-21(2,3)20(24)17(13-23)11-16-5-4-6-19(12-16)25-14-15-7-9-18(22)10-8-15/h4-12H,14H2,1-3H3. The molecule has 0 aliphatic rings. The van der Waals surface area contributed by atoms with E-state index in [2.05, 4.69) is 0 Å². The van der Waals surface area contributed by atoms with Crippen molar-refractivity contribution < 1.29 is 9.53 Å². The molecule has 0 heterocycles. The van der Waals surface area contributed by atoms with Crippen molar-refractivity contribution in [1.29, 1.82) is 5.26 Å². The van der Waals surface area contributed by atoms with Crippen LogP contribution in [0.25, 0.3) is 6.08 Å². The molecule has 2 rings (SSSR count). The minimum atomic E-state index is -0.593. The van der Waals surface area contributed by atoms with E-state index in [1.165, 1.54) is 0 Å². The van der Waals surface area contributed by atoms with Gasteiger partial charge >= 0.3 is 0 Å². The van der Waals surface area contributed by atoms with Gasteiger partial charge in [0.1, 0.15) is 18.4 Å². The third-order valence-electron chi connectivity index (χ3n) is 3.53. The summed E-state index contributed by atoms with van der Waals surface area (Å²) in [4.78, 5) is 12.3. The predicted octanol–water partition coefficient (Wildman–Crippen LogP) is 5.44. The molecule has 0 saturated carbocycles. The normalized spacial score (nSPS) is 11.7. The van der Waals surface area contributed by atoms with E-state index in [-0.39, 0.29) is 11.4 Å². The number of nitrogens with zero attached hydrogens (tertiary/aromatic N) is 1. The SMILES string of the molecule is CC(C)(C)C(=O)C(C#N)=Cc1cccc(OCc2ccc(Cl)cc2)c1. The molecule has 0 fully saturated rings. The summed E-state index contributed by atoms with van der Waals surface area (Å²) in [7, 11) is 0. The van der Waals surface area contributed by atoms with Crippen molar-refractivity contribution in [2.75, 3.05) is 0 Å². The second kappa shape index (κ2) is 8.00. The van der Waals surface area contributed by atoms with Gasteiger partial charge in [-0.15, -0.1) is 0 Å². The Hall–Kier alpha value is -2.57. The zero-order chi connectivity index (χ0) is 18.4. The van der Waals surface area contributed by atoms with E-state index in [4.69, 9.17) is 16.3 Å². The van der Waals surface area contributed by atoms with E-state index < -0.39 is 5.41 Å². The Morgan fingerprint density at radius 1 is 1.20 bits per heavy atom. The second-order valence-corrected chi connectivity index (χ2v) is 7.17. The quantitative estimate of drug-likeness (QED) is 0.531. The van der Waals surface area contributed by atoms with Crippen LogP contribution in [0.1, 0.15) is 31.9 Å². The highest BCUT2D eigenvalue weighted by molar-refractivity contribution is 6.30. The van der Waals surface area contributed by atoms with Crippen LogP contribution >= 0.6 is 11.6 Å². The minimum absolute atomic E-state index is 0.141. The maximum absolute atomic E-state index is 12.3. The van der Waals surface area contributed by atoms with Crippen LogP contribution in [0.5, 0.6) is 5.75 Å². The third kappa shape index (κ3) is 5.48. The number of carbonyl (C=O) groups excluding carboxylic acids is 1. The fourth-order valence-corrected chi connectivity index (χ4v) is 2.29. The molecule has 0 aromatic heterocycles. The number of carbonyl (C=O) groups is 1. The molecule has 4 heteroatoms. The summed E-state index contributed by atoms with van der Waals surface area (Å²) in [5.41, 5.74) is 1.31.